The number of anilines is 1. The standard InChI is InChI=1S/C21H32N4O2/c1-18(21(27)22-19-9-5-4-6-10-19)24-15-13-23(14-16-24)17-20(26)25-11-7-2-3-8-12-25/h4-6,9-10,18H,2-3,7-8,11-17H2,1H3,(H,22,27)/t18-/m0/s1. The third kappa shape index (κ3) is 5.78. The Labute approximate surface area is 162 Å². The van der Waals surface area contributed by atoms with Gasteiger partial charge in [0.15, 0.2) is 0 Å². The van der Waals surface area contributed by atoms with Gasteiger partial charge in [-0.3, -0.25) is 19.4 Å². The number of nitrogens with one attached hydrogen (secondary N) is 1. The number of benzene rings is 1. The van der Waals surface area contributed by atoms with Gasteiger partial charge >= 0.3 is 0 Å². The van der Waals surface area contributed by atoms with E-state index in [9.17, 15) is 9.59 Å². The number of para-hydroxylation sites is 1. The number of amides is 2. The van der Waals surface area contributed by atoms with Gasteiger partial charge in [0, 0.05) is 45.0 Å². The molecule has 0 radical (unpaired) electrons. The van der Waals surface area contributed by atoms with E-state index in [1.165, 1.54) is 12.8 Å². The van der Waals surface area contributed by atoms with E-state index in [1.54, 1.807) is 0 Å². The maximum atomic E-state index is 12.6. The van der Waals surface area contributed by atoms with Crippen LogP contribution in [0.2, 0.25) is 0 Å². The number of piperazine rings is 1. The van der Waals surface area contributed by atoms with Gasteiger partial charge in [-0.05, 0) is 31.9 Å². The van der Waals surface area contributed by atoms with Crippen LogP contribution in [-0.2, 0) is 9.59 Å². The Balaban J connectivity index is 1.42. The number of likely N-dealkylation sites (tertiary alicyclic amines) is 1. The lowest BCUT2D eigenvalue weighted by molar-refractivity contribution is -0.133. The summed E-state index contributed by atoms with van der Waals surface area (Å²) in [4.78, 5) is 31.5. The maximum Gasteiger partial charge on any atom is 0.241 e. The Morgan fingerprint density at radius 1 is 0.926 bits per heavy atom. The van der Waals surface area contributed by atoms with Crippen LogP contribution in [0.25, 0.3) is 0 Å². The summed E-state index contributed by atoms with van der Waals surface area (Å²) in [7, 11) is 0. The van der Waals surface area contributed by atoms with Crippen molar-refractivity contribution in [3.63, 3.8) is 0 Å². The highest BCUT2D eigenvalue weighted by Crippen LogP contribution is 2.13. The summed E-state index contributed by atoms with van der Waals surface area (Å²) in [6, 6.07) is 9.40. The molecule has 0 spiro atoms. The first-order valence-corrected chi connectivity index (χ1v) is 10.2. The molecule has 1 N–H and O–H groups in total. The van der Waals surface area contributed by atoms with Gasteiger partial charge in [0.05, 0.1) is 12.6 Å². The molecule has 2 fully saturated rings. The van der Waals surface area contributed by atoms with E-state index in [2.05, 4.69) is 15.1 Å². The van der Waals surface area contributed by atoms with Gasteiger partial charge in [0.25, 0.3) is 0 Å². The quantitative estimate of drug-likeness (QED) is 0.859. The van der Waals surface area contributed by atoms with Gasteiger partial charge in [-0.25, -0.2) is 0 Å². The topological polar surface area (TPSA) is 55.9 Å². The minimum atomic E-state index is -0.173. The summed E-state index contributed by atoms with van der Waals surface area (Å²) in [5.41, 5.74) is 0.830. The smallest absolute Gasteiger partial charge is 0.241 e. The molecule has 0 saturated carbocycles. The second-order valence-electron chi connectivity index (χ2n) is 7.64. The first-order chi connectivity index (χ1) is 13.1. The Hall–Kier alpha value is -1.92. The van der Waals surface area contributed by atoms with Crippen LogP contribution in [0, 0.1) is 0 Å². The van der Waals surface area contributed by atoms with Crippen LogP contribution < -0.4 is 5.32 Å². The monoisotopic (exact) mass is 372 g/mol. The van der Waals surface area contributed by atoms with E-state index >= 15 is 0 Å². The number of hydrogen-bond donors (Lipinski definition) is 1. The first-order valence-electron chi connectivity index (χ1n) is 10.2. The molecule has 2 aliphatic heterocycles. The molecule has 6 heteroatoms. The molecule has 1 aromatic rings. The zero-order chi connectivity index (χ0) is 19.1. The Morgan fingerprint density at radius 2 is 1.56 bits per heavy atom. The number of carbonyl (C=O) groups is 2. The van der Waals surface area contributed by atoms with E-state index in [0.717, 1.165) is 57.8 Å². The predicted octanol–water partition coefficient (Wildman–Crippen LogP) is 2.03. The number of hydrogen-bond acceptors (Lipinski definition) is 4. The molecule has 2 aliphatic rings. The zero-order valence-corrected chi connectivity index (χ0v) is 16.4. The van der Waals surface area contributed by atoms with E-state index in [-0.39, 0.29) is 17.9 Å². The Morgan fingerprint density at radius 3 is 2.19 bits per heavy atom. The van der Waals surface area contributed by atoms with Gasteiger partial charge in [-0.2, -0.15) is 0 Å². The summed E-state index contributed by atoms with van der Waals surface area (Å²) >= 11 is 0. The van der Waals surface area contributed by atoms with Gasteiger partial charge in [-0.15, -0.1) is 0 Å². The summed E-state index contributed by atoms with van der Waals surface area (Å²) in [6.45, 7) is 7.60. The molecule has 6 nitrogen and oxygen atoms in total. The highest BCUT2D eigenvalue weighted by atomic mass is 16.2. The van der Waals surface area contributed by atoms with Crippen LogP contribution in [0.4, 0.5) is 5.69 Å². The van der Waals surface area contributed by atoms with E-state index in [1.807, 2.05) is 42.2 Å². The zero-order valence-electron chi connectivity index (χ0n) is 16.4. The molecule has 2 saturated heterocycles. The molecular weight excluding hydrogens is 340 g/mol. The molecule has 148 valence electrons. The molecule has 0 bridgehead atoms. The van der Waals surface area contributed by atoms with Crippen molar-refractivity contribution >= 4 is 17.5 Å². The van der Waals surface area contributed by atoms with Gasteiger partial charge < -0.3 is 10.2 Å². The normalized spacial score (nSPS) is 20.7. The lowest BCUT2D eigenvalue weighted by Gasteiger charge is -2.37. The molecule has 0 aromatic heterocycles. The third-order valence-electron chi connectivity index (χ3n) is 5.69. The average molecular weight is 373 g/mol. The number of nitrogens with zero attached hydrogens (tertiary/aromatic N) is 3. The molecule has 2 amide bonds. The van der Waals surface area contributed by atoms with Gasteiger partial charge in [0.1, 0.15) is 0 Å². The second-order valence-corrected chi connectivity index (χ2v) is 7.64. The fraction of sp³-hybridized carbons (Fsp3) is 0.619. The second kappa shape index (κ2) is 9.85. The van der Waals surface area contributed by atoms with Gasteiger partial charge in [-0.1, -0.05) is 31.0 Å². The lowest BCUT2D eigenvalue weighted by Crippen LogP contribution is -2.54. The van der Waals surface area contributed by atoms with E-state index in [0.29, 0.717) is 6.54 Å². The molecule has 2 heterocycles. The largest absolute Gasteiger partial charge is 0.342 e. The van der Waals surface area contributed by atoms with E-state index in [4.69, 9.17) is 0 Å². The molecule has 0 aliphatic carbocycles. The average Bonchev–Trinajstić information content (AvgIpc) is 2.98. The first kappa shape index (κ1) is 19.8. The van der Waals surface area contributed by atoms with Crippen LogP contribution in [0.3, 0.4) is 0 Å². The number of carbonyl (C=O) groups excluding carboxylic acids is 2. The molecule has 1 atom stereocenters. The van der Waals surface area contributed by atoms with E-state index < -0.39 is 0 Å². The lowest BCUT2D eigenvalue weighted by atomic mass is 10.2. The van der Waals surface area contributed by atoms with Crippen molar-refractivity contribution in [3.8, 4) is 0 Å². The van der Waals surface area contributed by atoms with Crippen molar-refractivity contribution in [2.75, 3.05) is 51.1 Å². The summed E-state index contributed by atoms with van der Waals surface area (Å²) in [5.74, 6) is 0.288. The Bertz CT molecular complexity index is 606. The van der Waals surface area contributed by atoms with Crippen molar-refractivity contribution in [2.24, 2.45) is 0 Å². The van der Waals surface area contributed by atoms with Crippen molar-refractivity contribution < 1.29 is 9.59 Å². The minimum Gasteiger partial charge on any atom is -0.342 e. The fourth-order valence-corrected chi connectivity index (χ4v) is 3.85. The van der Waals surface area contributed by atoms with Crippen LogP contribution in [0.15, 0.2) is 30.3 Å². The fourth-order valence-electron chi connectivity index (χ4n) is 3.85. The highest BCUT2D eigenvalue weighted by molar-refractivity contribution is 5.94. The molecule has 0 unspecified atom stereocenters. The molecule has 3 rings (SSSR count). The summed E-state index contributed by atoms with van der Waals surface area (Å²) in [5, 5.41) is 2.98. The third-order valence-corrected chi connectivity index (χ3v) is 5.69. The van der Waals surface area contributed by atoms with Crippen LogP contribution in [0.1, 0.15) is 32.6 Å². The van der Waals surface area contributed by atoms with Crippen molar-refractivity contribution in [3.05, 3.63) is 30.3 Å². The predicted molar refractivity (Wildman–Crippen MR) is 108 cm³/mol. The van der Waals surface area contributed by atoms with Crippen molar-refractivity contribution in [1.29, 1.82) is 0 Å². The SMILES string of the molecule is C[C@@H](C(=O)Nc1ccccc1)N1CCN(CC(=O)N2CCCCCC2)CC1. The summed E-state index contributed by atoms with van der Waals surface area (Å²) < 4.78 is 0. The summed E-state index contributed by atoms with van der Waals surface area (Å²) in [6.07, 6.45) is 4.75. The molecule has 27 heavy (non-hydrogen) atoms. The van der Waals surface area contributed by atoms with Crippen molar-refractivity contribution in [1.82, 2.24) is 14.7 Å². The minimum absolute atomic E-state index is 0.0234. The van der Waals surface area contributed by atoms with Crippen molar-refractivity contribution in [2.45, 2.75) is 38.6 Å². The maximum absolute atomic E-state index is 12.6. The highest BCUT2D eigenvalue weighted by Gasteiger charge is 2.27. The Kier molecular flexibility index (Phi) is 7.24. The molecular formula is C21H32N4O2. The number of rotatable bonds is 5. The van der Waals surface area contributed by atoms with Crippen LogP contribution in [0.5, 0.6) is 0 Å². The van der Waals surface area contributed by atoms with Crippen LogP contribution >= 0.6 is 0 Å². The van der Waals surface area contributed by atoms with Gasteiger partial charge in [0.2, 0.25) is 11.8 Å². The van der Waals surface area contributed by atoms with Crippen LogP contribution in [-0.4, -0.2) is 78.4 Å². The molecule has 1 aromatic carbocycles.